The Morgan fingerprint density at radius 1 is 1.11 bits per heavy atom. The third kappa shape index (κ3) is 3.56. The molecule has 1 atom stereocenters. The van der Waals surface area contributed by atoms with Crippen LogP contribution in [0.2, 0.25) is 0 Å². The zero-order chi connectivity index (χ0) is 13.1. The smallest absolute Gasteiger partial charge is 0.0347 e. The molecule has 0 aliphatic heterocycles. The molecule has 1 unspecified atom stereocenters. The van der Waals surface area contributed by atoms with Crippen LogP contribution in [0.5, 0.6) is 0 Å². The molecular formula is C14H12Br2IN. The summed E-state index contributed by atoms with van der Waals surface area (Å²) >= 11 is 9.39. The lowest BCUT2D eigenvalue weighted by molar-refractivity contribution is 0.715. The average Bonchev–Trinajstić information content (AvgIpc) is 2.35. The minimum Gasteiger partial charge on any atom is -0.324 e. The van der Waals surface area contributed by atoms with Crippen molar-refractivity contribution in [1.29, 1.82) is 0 Å². The van der Waals surface area contributed by atoms with Gasteiger partial charge in [0.1, 0.15) is 0 Å². The third-order valence-corrected chi connectivity index (χ3v) is 5.00. The second-order valence-corrected chi connectivity index (χ2v) is 7.00. The summed E-state index contributed by atoms with van der Waals surface area (Å²) in [5.74, 6) is 0. The van der Waals surface area contributed by atoms with Gasteiger partial charge < -0.3 is 5.73 Å². The predicted octanol–water partition coefficient (Wildman–Crippen LogP) is 5.06. The van der Waals surface area contributed by atoms with E-state index in [9.17, 15) is 0 Å². The largest absolute Gasteiger partial charge is 0.324 e. The molecule has 1 nitrogen and oxygen atoms in total. The van der Waals surface area contributed by atoms with Gasteiger partial charge in [-0.2, -0.15) is 0 Å². The first kappa shape index (κ1) is 14.5. The minimum atomic E-state index is 0.00750. The number of nitrogens with two attached hydrogens (primary N) is 1. The van der Waals surface area contributed by atoms with Gasteiger partial charge in [-0.1, -0.05) is 50.1 Å². The van der Waals surface area contributed by atoms with Gasteiger partial charge in [0.05, 0.1) is 0 Å². The van der Waals surface area contributed by atoms with E-state index in [0.29, 0.717) is 0 Å². The van der Waals surface area contributed by atoms with Crippen LogP contribution in [0, 0.1) is 3.57 Å². The molecule has 4 heteroatoms. The van der Waals surface area contributed by atoms with Gasteiger partial charge in [-0.3, -0.25) is 0 Å². The van der Waals surface area contributed by atoms with Crippen LogP contribution in [0.15, 0.2) is 51.4 Å². The van der Waals surface area contributed by atoms with Crippen LogP contribution in [0.3, 0.4) is 0 Å². The van der Waals surface area contributed by atoms with Gasteiger partial charge in [-0.05, 0) is 64.4 Å². The maximum Gasteiger partial charge on any atom is 0.0347 e. The molecule has 2 rings (SSSR count). The fraction of sp³-hybridized carbons (Fsp3) is 0.143. The fourth-order valence-electron chi connectivity index (χ4n) is 1.81. The molecule has 0 amide bonds. The average molecular weight is 481 g/mol. The first-order valence-corrected chi connectivity index (χ1v) is 8.18. The van der Waals surface area contributed by atoms with Crippen LogP contribution >= 0.6 is 54.5 Å². The van der Waals surface area contributed by atoms with E-state index in [0.717, 1.165) is 15.4 Å². The second-order valence-electron chi connectivity index (χ2n) is 4.07. The van der Waals surface area contributed by atoms with Crippen molar-refractivity contribution >= 4 is 54.5 Å². The highest BCUT2D eigenvalue weighted by molar-refractivity contribution is 14.1. The molecule has 0 spiro atoms. The SMILES string of the molecule is NC(Cc1ccccc1Br)c1cc(Br)ccc1I. The molecule has 0 bridgehead atoms. The second kappa shape index (κ2) is 6.50. The molecule has 0 radical (unpaired) electrons. The molecule has 0 aromatic heterocycles. The highest BCUT2D eigenvalue weighted by atomic mass is 127. The number of hydrogen-bond donors (Lipinski definition) is 1. The zero-order valence-corrected chi connectivity index (χ0v) is 14.9. The van der Waals surface area contributed by atoms with E-state index in [4.69, 9.17) is 5.73 Å². The van der Waals surface area contributed by atoms with Crippen LogP contribution < -0.4 is 5.73 Å². The number of benzene rings is 2. The molecule has 2 N–H and O–H groups in total. The Balaban J connectivity index is 2.25. The molecule has 0 saturated heterocycles. The molecule has 0 saturated carbocycles. The van der Waals surface area contributed by atoms with Gasteiger partial charge in [0, 0.05) is 18.6 Å². The van der Waals surface area contributed by atoms with Crippen molar-refractivity contribution in [1.82, 2.24) is 0 Å². The zero-order valence-electron chi connectivity index (χ0n) is 9.54. The van der Waals surface area contributed by atoms with Crippen molar-refractivity contribution in [3.63, 3.8) is 0 Å². The molecule has 0 heterocycles. The van der Waals surface area contributed by atoms with E-state index >= 15 is 0 Å². The Labute approximate surface area is 138 Å². The Morgan fingerprint density at radius 2 is 1.83 bits per heavy atom. The molecule has 0 aliphatic rings. The molecular weight excluding hydrogens is 469 g/mol. The number of halogens is 3. The lowest BCUT2D eigenvalue weighted by Crippen LogP contribution is -2.15. The number of hydrogen-bond acceptors (Lipinski definition) is 1. The van der Waals surface area contributed by atoms with Crippen molar-refractivity contribution in [2.75, 3.05) is 0 Å². The fourth-order valence-corrected chi connectivity index (χ4v) is 3.37. The highest BCUT2D eigenvalue weighted by Gasteiger charge is 2.12. The molecule has 18 heavy (non-hydrogen) atoms. The topological polar surface area (TPSA) is 26.0 Å². The van der Waals surface area contributed by atoms with Gasteiger partial charge in [0.15, 0.2) is 0 Å². The van der Waals surface area contributed by atoms with Gasteiger partial charge in [-0.25, -0.2) is 0 Å². The van der Waals surface area contributed by atoms with Crippen molar-refractivity contribution in [2.45, 2.75) is 12.5 Å². The van der Waals surface area contributed by atoms with E-state index in [-0.39, 0.29) is 6.04 Å². The summed E-state index contributed by atoms with van der Waals surface area (Å²) in [6.45, 7) is 0. The first-order valence-electron chi connectivity index (χ1n) is 5.52. The van der Waals surface area contributed by atoms with Gasteiger partial charge in [0.25, 0.3) is 0 Å². The van der Waals surface area contributed by atoms with Crippen LogP contribution in [-0.4, -0.2) is 0 Å². The standard InChI is InChI=1S/C14H12Br2IN/c15-10-5-6-13(17)11(8-10)14(18)7-9-3-1-2-4-12(9)16/h1-6,8,14H,7,18H2. The molecule has 0 fully saturated rings. The van der Waals surface area contributed by atoms with E-state index in [1.54, 1.807) is 0 Å². The summed E-state index contributed by atoms with van der Waals surface area (Å²) in [5, 5.41) is 0. The Hall–Kier alpha value is 0.0900. The lowest BCUT2D eigenvalue weighted by atomic mass is 10.00. The van der Waals surface area contributed by atoms with E-state index in [1.165, 1.54) is 14.7 Å². The van der Waals surface area contributed by atoms with Crippen LogP contribution in [0.1, 0.15) is 17.2 Å². The molecule has 94 valence electrons. The molecule has 0 aliphatic carbocycles. The van der Waals surface area contributed by atoms with Gasteiger partial charge >= 0.3 is 0 Å². The highest BCUT2D eigenvalue weighted by Crippen LogP contribution is 2.27. The van der Waals surface area contributed by atoms with E-state index < -0.39 is 0 Å². The van der Waals surface area contributed by atoms with Crippen molar-refractivity contribution in [3.8, 4) is 0 Å². The van der Waals surface area contributed by atoms with Crippen molar-refractivity contribution in [3.05, 3.63) is 66.1 Å². The normalized spacial score (nSPS) is 12.4. The number of rotatable bonds is 3. The predicted molar refractivity (Wildman–Crippen MR) is 91.6 cm³/mol. The summed E-state index contributed by atoms with van der Waals surface area (Å²) in [7, 11) is 0. The van der Waals surface area contributed by atoms with E-state index in [2.05, 4.69) is 72.6 Å². The molecule has 2 aromatic rings. The first-order chi connectivity index (χ1) is 8.58. The Kier molecular flexibility index (Phi) is 5.24. The van der Waals surface area contributed by atoms with Crippen LogP contribution in [-0.2, 0) is 6.42 Å². The summed E-state index contributed by atoms with van der Waals surface area (Å²) < 4.78 is 3.39. The molecule has 2 aromatic carbocycles. The minimum absolute atomic E-state index is 0.00750. The van der Waals surface area contributed by atoms with Gasteiger partial charge in [-0.15, -0.1) is 0 Å². The van der Waals surface area contributed by atoms with Gasteiger partial charge in [0.2, 0.25) is 0 Å². The third-order valence-electron chi connectivity index (χ3n) is 2.76. The monoisotopic (exact) mass is 479 g/mol. The van der Waals surface area contributed by atoms with Crippen molar-refractivity contribution in [2.24, 2.45) is 5.73 Å². The van der Waals surface area contributed by atoms with Crippen molar-refractivity contribution < 1.29 is 0 Å². The summed E-state index contributed by atoms with van der Waals surface area (Å²) in [6.07, 6.45) is 0.827. The maximum absolute atomic E-state index is 6.32. The van der Waals surface area contributed by atoms with Crippen LogP contribution in [0.25, 0.3) is 0 Å². The van der Waals surface area contributed by atoms with Crippen LogP contribution in [0.4, 0.5) is 0 Å². The summed E-state index contributed by atoms with van der Waals surface area (Å²) in [5.41, 5.74) is 8.74. The Morgan fingerprint density at radius 3 is 2.56 bits per heavy atom. The Bertz CT molecular complexity index is 557. The summed E-state index contributed by atoms with van der Waals surface area (Å²) in [4.78, 5) is 0. The van der Waals surface area contributed by atoms with E-state index in [1.807, 2.05) is 24.3 Å². The summed E-state index contributed by atoms with van der Waals surface area (Å²) in [6, 6.07) is 14.4. The quantitative estimate of drug-likeness (QED) is 0.611. The maximum atomic E-state index is 6.32. The lowest BCUT2D eigenvalue weighted by Gasteiger charge is -2.15.